The Morgan fingerprint density at radius 3 is 2.48 bits per heavy atom. The Labute approximate surface area is 138 Å². The lowest BCUT2D eigenvalue weighted by Gasteiger charge is -2.20. The van der Waals surface area contributed by atoms with E-state index in [0.717, 1.165) is 34.7 Å². The third-order valence-electron chi connectivity index (χ3n) is 3.88. The average Bonchev–Trinajstić information content (AvgIpc) is 2.56. The Bertz CT molecular complexity index is 666. The number of benzene rings is 2. The summed E-state index contributed by atoms with van der Waals surface area (Å²) in [6, 6.07) is 13.8. The second-order valence-electron chi connectivity index (χ2n) is 5.69. The summed E-state index contributed by atoms with van der Waals surface area (Å²) in [5, 5.41) is 2.98. The van der Waals surface area contributed by atoms with Crippen molar-refractivity contribution in [2.45, 2.75) is 13.8 Å². The minimum atomic E-state index is -0.0191. The summed E-state index contributed by atoms with van der Waals surface area (Å²) in [4.78, 5) is 14.4. The maximum absolute atomic E-state index is 12.3. The van der Waals surface area contributed by atoms with Crippen molar-refractivity contribution >= 4 is 11.6 Å². The Morgan fingerprint density at radius 1 is 1.13 bits per heavy atom. The molecule has 1 N–H and O–H groups in total. The van der Waals surface area contributed by atoms with Crippen molar-refractivity contribution in [3.63, 3.8) is 0 Å². The quantitative estimate of drug-likeness (QED) is 0.891. The van der Waals surface area contributed by atoms with Crippen LogP contribution in [0.2, 0.25) is 0 Å². The van der Waals surface area contributed by atoms with E-state index in [1.165, 1.54) is 0 Å². The normalized spacial score (nSPS) is 10.3. The molecule has 0 atom stereocenters. The fourth-order valence-corrected chi connectivity index (χ4v) is 2.38. The van der Waals surface area contributed by atoms with E-state index in [-0.39, 0.29) is 5.91 Å². The summed E-state index contributed by atoms with van der Waals surface area (Å²) in [6.07, 6.45) is 0. The molecule has 0 saturated carbocycles. The minimum absolute atomic E-state index is 0.0191. The molecule has 4 nitrogen and oxygen atoms in total. The molecule has 2 aromatic rings. The molecule has 0 aliphatic heterocycles. The van der Waals surface area contributed by atoms with Crippen molar-refractivity contribution in [2.75, 3.05) is 32.1 Å². The summed E-state index contributed by atoms with van der Waals surface area (Å²) < 4.78 is 5.16. The van der Waals surface area contributed by atoms with E-state index in [1.807, 2.05) is 63.4 Å². The number of rotatable bonds is 6. The van der Waals surface area contributed by atoms with Gasteiger partial charge in [-0.15, -0.1) is 0 Å². The van der Waals surface area contributed by atoms with Gasteiger partial charge in [0.2, 0.25) is 0 Å². The lowest BCUT2D eigenvalue weighted by atomic mass is 10.1. The van der Waals surface area contributed by atoms with Crippen molar-refractivity contribution in [2.24, 2.45) is 0 Å². The second kappa shape index (κ2) is 7.68. The molecule has 0 heterocycles. The monoisotopic (exact) mass is 312 g/mol. The fraction of sp³-hybridized carbons (Fsp3) is 0.316. The summed E-state index contributed by atoms with van der Waals surface area (Å²) in [7, 11) is 3.66. The van der Waals surface area contributed by atoms with Gasteiger partial charge in [-0.1, -0.05) is 17.7 Å². The highest BCUT2D eigenvalue weighted by molar-refractivity contribution is 5.95. The summed E-state index contributed by atoms with van der Waals surface area (Å²) in [5.41, 5.74) is 3.93. The van der Waals surface area contributed by atoms with Gasteiger partial charge in [0, 0.05) is 31.4 Å². The molecule has 0 aliphatic rings. The van der Waals surface area contributed by atoms with Gasteiger partial charge in [-0.2, -0.15) is 0 Å². The molecule has 23 heavy (non-hydrogen) atoms. The van der Waals surface area contributed by atoms with Gasteiger partial charge >= 0.3 is 0 Å². The molecule has 1 amide bonds. The van der Waals surface area contributed by atoms with E-state index >= 15 is 0 Å². The van der Waals surface area contributed by atoms with E-state index in [2.05, 4.69) is 10.2 Å². The van der Waals surface area contributed by atoms with E-state index < -0.39 is 0 Å². The van der Waals surface area contributed by atoms with Crippen LogP contribution < -0.4 is 15.0 Å². The van der Waals surface area contributed by atoms with Crippen molar-refractivity contribution < 1.29 is 9.53 Å². The van der Waals surface area contributed by atoms with Gasteiger partial charge in [0.25, 0.3) is 5.91 Å². The number of hydrogen-bond acceptors (Lipinski definition) is 3. The van der Waals surface area contributed by atoms with Crippen LogP contribution in [0.4, 0.5) is 5.69 Å². The fourth-order valence-electron chi connectivity index (χ4n) is 2.38. The highest BCUT2D eigenvalue weighted by atomic mass is 16.5. The molecule has 122 valence electrons. The largest absolute Gasteiger partial charge is 0.497 e. The molecule has 0 fully saturated rings. The smallest absolute Gasteiger partial charge is 0.251 e. The van der Waals surface area contributed by atoms with E-state index in [4.69, 9.17) is 4.74 Å². The predicted molar refractivity (Wildman–Crippen MR) is 94.5 cm³/mol. The van der Waals surface area contributed by atoms with Crippen LogP contribution in [0.25, 0.3) is 0 Å². The van der Waals surface area contributed by atoms with Gasteiger partial charge < -0.3 is 15.0 Å². The molecule has 2 aromatic carbocycles. The molecule has 4 heteroatoms. The van der Waals surface area contributed by atoms with Crippen LogP contribution in [0.15, 0.2) is 42.5 Å². The third-order valence-corrected chi connectivity index (χ3v) is 3.88. The van der Waals surface area contributed by atoms with Gasteiger partial charge in [-0.25, -0.2) is 0 Å². The predicted octanol–water partition coefficient (Wildman–Crippen LogP) is 3.18. The number of likely N-dealkylation sites (N-methyl/N-ethyl adjacent to an activating group) is 1. The average molecular weight is 312 g/mol. The molecule has 0 radical (unpaired) electrons. The van der Waals surface area contributed by atoms with Crippen LogP contribution in [0.1, 0.15) is 21.5 Å². The maximum Gasteiger partial charge on any atom is 0.251 e. The lowest BCUT2D eigenvalue weighted by Crippen LogP contribution is -2.33. The number of amides is 1. The zero-order valence-corrected chi connectivity index (χ0v) is 14.2. The molecule has 0 saturated heterocycles. The number of nitrogens with zero attached hydrogens (tertiary/aromatic N) is 1. The number of nitrogens with one attached hydrogen (secondary N) is 1. The molecule has 0 aliphatic carbocycles. The Hall–Kier alpha value is -2.49. The summed E-state index contributed by atoms with van der Waals surface area (Å²) in [5.74, 6) is 0.819. The van der Waals surface area contributed by atoms with Crippen molar-refractivity contribution in [3.05, 3.63) is 59.2 Å². The highest BCUT2D eigenvalue weighted by Gasteiger charge is 2.09. The van der Waals surface area contributed by atoms with Crippen LogP contribution in [0, 0.1) is 13.8 Å². The molecule has 0 bridgehead atoms. The van der Waals surface area contributed by atoms with Crippen LogP contribution in [0.3, 0.4) is 0 Å². The first-order valence-corrected chi connectivity index (χ1v) is 7.72. The minimum Gasteiger partial charge on any atom is -0.497 e. The third kappa shape index (κ3) is 4.49. The standard InChI is InChI=1S/C19H24N2O2/c1-14-5-6-15(2)18(13-14)19(22)20-11-12-21(3)16-7-9-17(23-4)10-8-16/h5-10,13H,11-12H2,1-4H3,(H,20,22). The first-order valence-electron chi connectivity index (χ1n) is 7.72. The van der Waals surface area contributed by atoms with E-state index in [1.54, 1.807) is 7.11 Å². The molecule has 0 aromatic heterocycles. The van der Waals surface area contributed by atoms with Crippen molar-refractivity contribution in [3.8, 4) is 5.75 Å². The van der Waals surface area contributed by atoms with E-state index in [0.29, 0.717) is 6.54 Å². The van der Waals surface area contributed by atoms with Crippen molar-refractivity contribution in [1.29, 1.82) is 0 Å². The van der Waals surface area contributed by atoms with E-state index in [9.17, 15) is 4.79 Å². The van der Waals surface area contributed by atoms with Gasteiger partial charge in [0.15, 0.2) is 0 Å². The number of hydrogen-bond donors (Lipinski definition) is 1. The maximum atomic E-state index is 12.3. The highest BCUT2D eigenvalue weighted by Crippen LogP contribution is 2.17. The number of carbonyl (C=O) groups is 1. The van der Waals surface area contributed by atoms with Crippen LogP contribution in [0.5, 0.6) is 5.75 Å². The Balaban J connectivity index is 1.88. The first-order chi connectivity index (χ1) is 11.0. The summed E-state index contributed by atoms with van der Waals surface area (Å²) in [6.45, 7) is 5.28. The lowest BCUT2D eigenvalue weighted by molar-refractivity contribution is 0.0954. The molecular weight excluding hydrogens is 288 g/mol. The Kier molecular flexibility index (Phi) is 5.63. The number of carbonyl (C=O) groups excluding carboxylic acids is 1. The van der Waals surface area contributed by atoms with Crippen LogP contribution in [-0.2, 0) is 0 Å². The first kappa shape index (κ1) is 16.9. The van der Waals surface area contributed by atoms with Crippen LogP contribution in [-0.4, -0.2) is 33.2 Å². The SMILES string of the molecule is COc1ccc(N(C)CCNC(=O)c2cc(C)ccc2C)cc1. The number of ether oxygens (including phenoxy) is 1. The Morgan fingerprint density at radius 2 is 1.83 bits per heavy atom. The zero-order chi connectivity index (χ0) is 16.8. The molecule has 0 unspecified atom stereocenters. The topological polar surface area (TPSA) is 41.6 Å². The number of methoxy groups -OCH3 is 1. The molecule has 2 rings (SSSR count). The van der Waals surface area contributed by atoms with Crippen LogP contribution >= 0.6 is 0 Å². The molecule has 0 spiro atoms. The molecular formula is C19H24N2O2. The number of anilines is 1. The van der Waals surface area contributed by atoms with Gasteiger partial charge in [0.05, 0.1) is 7.11 Å². The van der Waals surface area contributed by atoms with Gasteiger partial charge in [-0.05, 0) is 49.7 Å². The van der Waals surface area contributed by atoms with Gasteiger partial charge in [-0.3, -0.25) is 4.79 Å². The summed E-state index contributed by atoms with van der Waals surface area (Å²) >= 11 is 0. The van der Waals surface area contributed by atoms with Crippen molar-refractivity contribution in [1.82, 2.24) is 5.32 Å². The van der Waals surface area contributed by atoms with Gasteiger partial charge in [0.1, 0.15) is 5.75 Å². The number of aryl methyl sites for hydroxylation is 2. The second-order valence-corrected chi connectivity index (χ2v) is 5.69. The zero-order valence-electron chi connectivity index (χ0n) is 14.2.